The van der Waals surface area contributed by atoms with Crippen molar-refractivity contribution in [1.29, 1.82) is 0 Å². The molecule has 0 spiro atoms. The fourth-order valence-corrected chi connectivity index (χ4v) is 1.36. The number of Topliss-reactive ketones (excluding diaryl/α,β-unsaturated/α-hetero) is 2. The van der Waals surface area contributed by atoms with Gasteiger partial charge in [-0.3, -0.25) is 9.59 Å². The van der Waals surface area contributed by atoms with Crippen LogP contribution in [0.5, 0.6) is 0 Å². The molecule has 0 unspecified atom stereocenters. The van der Waals surface area contributed by atoms with E-state index >= 15 is 0 Å². The van der Waals surface area contributed by atoms with Gasteiger partial charge in [0.15, 0.2) is 5.78 Å². The number of hydrogen-bond acceptors (Lipinski definition) is 2. The lowest BCUT2D eigenvalue weighted by Gasteiger charge is -2.01. The lowest BCUT2D eigenvalue weighted by Crippen LogP contribution is -2.08. The number of carbonyl (C=O) groups excluding carboxylic acids is 2. The van der Waals surface area contributed by atoms with Crippen LogP contribution in [0.3, 0.4) is 0 Å². The fraction of sp³-hybridized carbons (Fsp3) is 0.333. The Morgan fingerprint density at radius 2 is 1.69 bits per heavy atom. The molecule has 0 aliphatic carbocycles. The van der Waals surface area contributed by atoms with Crippen LogP contribution in [0.2, 0.25) is 0 Å². The molecule has 1 aromatic carbocycles. The van der Waals surface area contributed by atoms with E-state index in [0.29, 0.717) is 18.9 Å². The van der Waals surface area contributed by atoms with E-state index in [1.807, 2.05) is 6.92 Å². The van der Waals surface area contributed by atoms with Gasteiger partial charge in [-0.1, -0.05) is 6.92 Å². The van der Waals surface area contributed by atoms with Gasteiger partial charge in [0.1, 0.15) is 17.4 Å². The van der Waals surface area contributed by atoms with Crippen molar-refractivity contribution < 1.29 is 18.4 Å². The van der Waals surface area contributed by atoms with E-state index in [1.165, 1.54) is 0 Å². The van der Waals surface area contributed by atoms with Crippen molar-refractivity contribution in [3.8, 4) is 0 Å². The number of carbonyl (C=O) groups is 2. The summed E-state index contributed by atoms with van der Waals surface area (Å²) < 4.78 is 25.6. The summed E-state index contributed by atoms with van der Waals surface area (Å²) in [4.78, 5) is 22.7. The Kier molecular flexibility index (Phi) is 4.28. The Hall–Kier alpha value is -1.58. The number of rotatable bonds is 5. The maximum Gasteiger partial charge on any atom is 0.170 e. The van der Waals surface area contributed by atoms with Crippen molar-refractivity contribution in [1.82, 2.24) is 0 Å². The summed E-state index contributed by atoms with van der Waals surface area (Å²) in [5, 5.41) is 0. The zero-order valence-corrected chi connectivity index (χ0v) is 8.93. The zero-order chi connectivity index (χ0) is 12.1. The van der Waals surface area contributed by atoms with E-state index in [0.717, 1.165) is 12.1 Å². The van der Waals surface area contributed by atoms with E-state index in [-0.39, 0.29) is 17.8 Å². The van der Waals surface area contributed by atoms with E-state index in [9.17, 15) is 18.4 Å². The number of halogens is 2. The SMILES string of the molecule is CCCC(=O)CC(=O)c1cc(F)cc(F)c1. The number of benzene rings is 1. The predicted molar refractivity (Wildman–Crippen MR) is 55.2 cm³/mol. The second kappa shape index (κ2) is 5.49. The minimum Gasteiger partial charge on any atom is -0.299 e. The second-order valence-corrected chi connectivity index (χ2v) is 3.55. The minimum absolute atomic E-state index is 0.0954. The first-order valence-corrected chi connectivity index (χ1v) is 5.04. The van der Waals surface area contributed by atoms with Gasteiger partial charge in [0, 0.05) is 18.1 Å². The summed E-state index contributed by atoms with van der Waals surface area (Å²) in [5.74, 6) is -2.38. The third-order valence-electron chi connectivity index (χ3n) is 2.07. The number of ketones is 2. The smallest absolute Gasteiger partial charge is 0.170 e. The average molecular weight is 226 g/mol. The quantitative estimate of drug-likeness (QED) is 0.571. The third-order valence-corrected chi connectivity index (χ3v) is 2.07. The molecule has 86 valence electrons. The molecule has 0 aromatic heterocycles. The van der Waals surface area contributed by atoms with Gasteiger partial charge in [-0.2, -0.15) is 0 Å². The number of hydrogen-bond donors (Lipinski definition) is 0. The van der Waals surface area contributed by atoms with Gasteiger partial charge >= 0.3 is 0 Å². The molecule has 0 saturated heterocycles. The molecule has 0 fully saturated rings. The molecule has 0 heterocycles. The molecule has 0 bridgehead atoms. The van der Waals surface area contributed by atoms with Crippen molar-refractivity contribution in [3.05, 3.63) is 35.4 Å². The summed E-state index contributed by atoms with van der Waals surface area (Å²) >= 11 is 0. The van der Waals surface area contributed by atoms with Crippen molar-refractivity contribution in [2.75, 3.05) is 0 Å². The molecule has 0 atom stereocenters. The van der Waals surface area contributed by atoms with Gasteiger partial charge in [0.2, 0.25) is 0 Å². The normalized spacial score (nSPS) is 10.2. The summed E-state index contributed by atoms with van der Waals surface area (Å²) in [7, 11) is 0. The van der Waals surface area contributed by atoms with Crippen LogP contribution in [0, 0.1) is 11.6 Å². The van der Waals surface area contributed by atoms with Crippen molar-refractivity contribution in [2.24, 2.45) is 0 Å². The lowest BCUT2D eigenvalue weighted by atomic mass is 10.0. The maximum atomic E-state index is 12.8. The van der Waals surface area contributed by atoms with Crippen molar-refractivity contribution >= 4 is 11.6 Å². The van der Waals surface area contributed by atoms with Crippen LogP contribution in [0.1, 0.15) is 36.5 Å². The lowest BCUT2D eigenvalue weighted by molar-refractivity contribution is -0.118. The predicted octanol–water partition coefficient (Wildman–Crippen LogP) is 2.91. The topological polar surface area (TPSA) is 34.1 Å². The Bertz CT molecular complexity index is 393. The molecule has 0 radical (unpaired) electrons. The van der Waals surface area contributed by atoms with Crippen LogP contribution in [-0.2, 0) is 4.79 Å². The molecule has 0 amide bonds. The van der Waals surface area contributed by atoms with E-state index in [4.69, 9.17) is 0 Å². The molecular formula is C12H12F2O2. The first kappa shape index (κ1) is 12.5. The highest BCUT2D eigenvalue weighted by atomic mass is 19.1. The Labute approximate surface area is 92.3 Å². The molecule has 1 rings (SSSR count). The van der Waals surface area contributed by atoms with Crippen molar-refractivity contribution in [3.63, 3.8) is 0 Å². The molecular weight excluding hydrogens is 214 g/mol. The molecule has 0 saturated carbocycles. The van der Waals surface area contributed by atoms with Crippen LogP contribution in [0.15, 0.2) is 18.2 Å². The fourth-order valence-electron chi connectivity index (χ4n) is 1.36. The molecule has 2 nitrogen and oxygen atoms in total. The highest BCUT2D eigenvalue weighted by molar-refractivity contribution is 6.07. The highest BCUT2D eigenvalue weighted by Gasteiger charge is 2.13. The highest BCUT2D eigenvalue weighted by Crippen LogP contribution is 2.11. The largest absolute Gasteiger partial charge is 0.299 e. The van der Waals surface area contributed by atoms with E-state index in [1.54, 1.807) is 0 Å². The summed E-state index contributed by atoms with van der Waals surface area (Å²) in [6.45, 7) is 1.82. The molecule has 16 heavy (non-hydrogen) atoms. The van der Waals surface area contributed by atoms with E-state index < -0.39 is 17.4 Å². The monoisotopic (exact) mass is 226 g/mol. The summed E-state index contributed by atoms with van der Waals surface area (Å²) in [6.07, 6.45) is 0.671. The first-order valence-electron chi connectivity index (χ1n) is 5.04. The van der Waals surface area contributed by atoms with Gasteiger partial charge in [0.25, 0.3) is 0 Å². The summed E-state index contributed by atoms with van der Waals surface area (Å²) in [5.41, 5.74) is -0.0954. The van der Waals surface area contributed by atoms with Crippen LogP contribution in [0.4, 0.5) is 8.78 Å². The van der Waals surface area contributed by atoms with Crippen LogP contribution < -0.4 is 0 Å². The van der Waals surface area contributed by atoms with Gasteiger partial charge in [-0.15, -0.1) is 0 Å². The zero-order valence-electron chi connectivity index (χ0n) is 8.93. The Morgan fingerprint density at radius 3 is 2.19 bits per heavy atom. The third kappa shape index (κ3) is 3.53. The van der Waals surface area contributed by atoms with Crippen LogP contribution in [0.25, 0.3) is 0 Å². The first-order chi connectivity index (χ1) is 7.52. The Morgan fingerprint density at radius 1 is 1.12 bits per heavy atom. The molecule has 0 aliphatic rings. The maximum absolute atomic E-state index is 12.8. The molecule has 0 N–H and O–H groups in total. The van der Waals surface area contributed by atoms with Gasteiger partial charge in [-0.25, -0.2) is 8.78 Å². The van der Waals surface area contributed by atoms with Gasteiger partial charge in [-0.05, 0) is 18.6 Å². The minimum atomic E-state index is -0.814. The van der Waals surface area contributed by atoms with Gasteiger partial charge in [0.05, 0.1) is 6.42 Å². The average Bonchev–Trinajstić information content (AvgIpc) is 2.16. The molecule has 0 aliphatic heterocycles. The van der Waals surface area contributed by atoms with Crippen molar-refractivity contribution in [2.45, 2.75) is 26.2 Å². The van der Waals surface area contributed by atoms with Crippen LogP contribution in [-0.4, -0.2) is 11.6 Å². The van der Waals surface area contributed by atoms with E-state index in [2.05, 4.69) is 0 Å². The van der Waals surface area contributed by atoms with Gasteiger partial charge < -0.3 is 0 Å². The summed E-state index contributed by atoms with van der Waals surface area (Å²) in [6, 6.07) is 2.56. The second-order valence-electron chi connectivity index (χ2n) is 3.55. The molecule has 1 aromatic rings. The Balaban J connectivity index is 2.76. The standard InChI is InChI=1S/C12H12F2O2/c1-2-3-11(15)7-12(16)8-4-9(13)6-10(14)5-8/h4-6H,2-3,7H2,1H3. The molecule has 4 heteroatoms. The van der Waals surface area contributed by atoms with Crippen LogP contribution >= 0.6 is 0 Å².